The zero-order chi connectivity index (χ0) is 14.4. The van der Waals surface area contributed by atoms with Crippen molar-refractivity contribution in [2.45, 2.75) is 31.9 Å². The number of amides is 1. The number of carbonyl (C=O) groups is 2. The molecule has 0 bridgehead atoms. The Kier molecular flexibility index (Phi) is 5.44. The number of benzene rings is 1. The number of rotatable bonds is 6. The lowest BCUT2D eigenvalue weighted by Gasteiger charge is -2.16. The number of aliphatic hydroxyl groups excluding tert-OH is 1. The van der Waals surface area contributed by atoms with Gasteiger partial charge in [-0.3, -0.25) is 4.79 Å². The summed E-state index contributed by atoms with van der Waals surface area (Å²) in [6, 6.07) is 4.39. The number of carboxylic acid groups (broad SMARTS) is 1. The van der Waals surface area contributed by atoms with E-state index in [1.165, 1.54) is 19.1 Å². The molecule has 0 aliphatic heterocycles. The topological polar surface area (TPSA) is 86.6 Å². The first kappa shape index (κ1) is 15.1. The quantitative estimate of drug-likeness (QED) is 0.710. The van der Waals surface area contributed by atoms with Crippen molar-refractivity contribution in [1.82, 2.24) is 5.32 Å². The molecule has 0 fully saturated rings. The second-order valence-electron chi connectivity index (χ2n) is 4.25. The second kappa shape index (κ2) is 6.84. The Morgan fingerprint density at radius 3 is 2.37 bits per heavy atom. The van der Waals surface area contributed by atoms with Crippen LogP contribution in [0, 0.1) is 5.82 Å². The van der Waals surface area contributed by atoms with Gasteiger partial charge < -0.3 is 15.5 Å². The van der Waals surface area contributed by atoms with Crippen LogP contribution in [0.4, 0.5) is 4.39 Å². The molecule has 0 heterocycles. The average molecular weight is 269 g/mol. The lowest BCUT2D eigenvalue weighted by atomic mass is 10.1. The summed E-state index contributed by atoms with van der Waals surface area (Å²) >= 11 is 0. The summed E-state index contributed by atoms with van der Waals surface area (Å²) in [5.41, 5.74) is 0.778. The second-order valence-corrected chi connectivity index (χ2v) is 4.25. The lowest BCUT2D eigenvalue weighted by Crippen LogP contribution is -2.47. The van der Waals surface area contributed by atoms with Crippen LogP contribution in [-0.2, 0) is 16.0 Å². The summed E-state index contributed by atoms with van der Waals surface area (Å²) in [6.07, 6.45) is -0.729. The van der Waals surface area contributed by atoms with Gasteiger partial charge in [-0.1, -0.05) is 12.1 Å². The summed E-state index contributed by atoms with van der Waals surface area (Å²) < 4.78 is 12.7. The molecule has 1 aromatic rings. The highest BCUT2D eigenvalue weighted by Crippen LogP contribution is 2.05. The van der Waals surface area contributed by atoms with Crippen LogP contribution >= 0.6 is 0 Å². The molecule has 104 valence electrons. The van der Waals surface area contributed by atoms with Gasteiger partial charge in [0.2, 0.25) is 5.91 Å². The molecule has 0 aliphatic carbocycles. The van der Waals surface area contributed by atoms with Crippen LogP contribution in [0.1, 0.15) is 18.9 Å². The Labute approximate surface area is 110 Å². The third-order valence-electron chi connectivity index (χ3n) is 2.62. The van der Waals surface area contributed by atoms with Gasteiger partial charge in [-0.05, 0) is 31.0 Å². The number of carboxylic acids is 1. The molecule has 0 spiro atoms. The van der Waals surface area contributed by atoms with E-state index < -0.39 is 24.0 Å². The predicted molar refractivity (Wildman–Crippen MR) is 66.0 cm³/mol. The predicted octanol–water partition coefficient (Wildman–Crippen LogP) is 0.708. The number of aryl methyl sites for hydroxylation is 1. The molecule has 5 nitrogen and oxygen atoms in total. The van der Waals surface area contributed by atoms with Crippen LogP contribution in [0.15, 0.2) is 24.3 Å². The summed E-state index contributed by atoms with van der Waals surface area (Å²) in [4.78, 5) is 22.3. The normalized spacial score (nSPS) is 13.6. The van der Waals surface area contributed by atoms with Crippen LogP contribution in [0.5, 0.6) is 0 Å². The summed E-state index contributed by atoms with van der Waals surface area (Å²) in [6.45, 7) is 1.29. The van der Waals surface area contributed by atoms with Gasteiger partial charge in [-0.15, -0.1) is 0 Å². The molecule has 1 amide bonds. The van der Waals surface area contributed by atoms with Gasteiger partial charge in [-0.2, -0.15) is 0 Å². The molecule has 2 unspecified atom stereocenters. The Morgan fingerprint density at radius 1 is 1.32 bits per heavy atom. The maximum absolute atomic E-state index is 12.7. The molecule has 1 rings (SSSR count). The zero-order valence-corrected chi connectivity index (χ0v) is 10.5. The van der Waals surface area contributed by atoms with Crippen LogP contribution in [0.3, 0.4) is 0 Å². The standard InChI is InChI=1S/C13H16FNO4/c1-8(16)12(13(18)19)15-11(17)7-4-9-2-5-10(14)6-3-9/h2-3,5-6,8,12,16H,4,7H2,1H3,(H,15,17)(H,18,19). The van der Waals surface area contributed by atoms with Crippen molar-refractivity contribution in [2.24, 2.45) is 0 Å². The lowest BCUT2D eigenvalue weighted by molar-refractivity contribution is -0.144. The minimum absolute atomic E-state index is 0.0716. The maximum Gasteiger partial charge on any atom is 0.328 e. The average Bonchev–Trinajstić information content (AvgIpc) is 2.34. The van der Waals surface area contributed by atoms with Crippen molar-refractivity contribution < 1.29 is 24.2 Å². The minimum Gasteiger partial charge on any atom is -0.480 e. The van der Waals surface area contributed by atoms with E-state index in [2.05, 4.69) is 5.32 Å². The molecule has 0 saturated heterocycles. The van der Waals surface area contributed by atoms with E-state index >= 15 is 0 Å². The van der Waals surface area contributed by atoms with E-state index in [9.17, 15) is 19.1 Å². The Morgan fingerprint density at radius 2 is 1.89 bits per heavy atom. The Hall–Kier alpha value is -1.95. The molecule has 0 radical (unpaired) electrons. The SMILES string of the molecule is CC(O)C(NC(=O)CCc1ccc(F)cc1)C(=O)O. The van der Waals surface area contributed by atoms with Gasteiger partial charge >= 0.3 is 5.97 Å². The Balaban J connectivity index is 2.47. The third-order valence-corrected chi connectivity index (χ3v) is 2.62. The highest BCUT2D eigenvalue weighted by atomic mass is 19.1. The van der Waals surface area contributed by atoms with E-state index in [0.29, 0.717) is 6.42 Å². The van der Waals surface area contributed by atoms with Crippen molar-refractivity contribution in [3.05, 3.63) is 35.6 Å². The summed E-state index contributed by atoms with van der Waals surface area (Å²) in [5.74, 6) is -2.11. The smallest absolute Gasteiger partial charge is 0.328 e. The highest BCUT2D eigenvalue weighted by molar-refractivity contribution is 5.84. The minimum atomic E-state index is -1.32. The molecule has 0 aromatic heterocycles. The number of aliphatic hydroxyl groups is 1. The van der Waals surface area contributed by atoms with Gasteiger partial charge in [0.1, 0.15) is 5.82 Å². The first-order valence-corrected chi connectivity index (χ1v) is 5.85. The van der Waals surface area contributed by atoms with Crippen molar-refractivity contribution in [3.63, 3.8) is 0 Å². The highest BCUT2D eigenvalue weighted by Gasteiger charge is 2.24. The maximum atomic E-state index is 12.7. The fourth-order valence-corrected chi connectivity index (χ4v) is 1.54. The number of hydrogen-bond donors (Lipinski definition) is 3. The first-order valence-electron chi connectivity index (χ1n) is 5.85. The molecule has 19 heavy (non-hydrogen) atoms. The van der Waals surface area contributed by atoms with E-state index in [0.717, 1.165) is 5.56 Å². The van der Waals surface area contributed by atoms with Gasteiger partial charge in [0.15, 0.2) is 6.04 Å². The Bertz CT molecular complexity index is 444. The third kappa shape index (κ3) is 5.05. The van der Waals surface area contributed by atoms with Gasteiger partial charge in [0, 0.05) is 6.42 Å². The van der Waals surface area contributed by atoms with E-state index in [4.69, 9.17) is 5.11 Å². The fourth-order valence-electron chi connectivity index (χ4n) is 1.54. The first-order chi connectivity index (χ1) is 8.90. The van der Waals surface area contributed by atoms with Gasteiger partial charge in [0.05, 0.1) is 6.10 Å². The molecule has 1 aromatic carbocycles. The van der Waals surface area contributed by atoms with Crippen molar-refractivity contribution in [1.29, 1.82) is 0 Å². The number of carbonyl (C=O) groups excluding carboxylic acids is 1. The van der Waals surface area contributed by atoms with E-state index in [1.807, 2.05) is 0 Å². The van der Waals surface area contributed by atoms with Crippen LogP contribution < -0.4 is 5.32 Å². The fraction of sp³-hybridized carbons (Fsp3) is 0.385. The zero-order valence-electron chi connectivity index (χ0n) is 10.5. The van der Waals surface area contributed by atoms with Crippen LogP contribution in [0.2, 0.25) is 0 Å². The largest absolute Gasteiger partial charge is 0.480 e. The summed E-state index contributed by atoms with van der Waals surface area (Å²) in [7, 11) is 0. The summed E-state index contributed by atoms with van der Waals surface area (Å²) in [5, 5.41) is 20.2. The van der Waals surface area contributed by atoms with Crippen molar-refractivity contribution in [2.75, 3.05) is 0 Å². The molecular formula is C13H16FNO4. The van der Waals surface area contributed by atoms with Gasteiger partial charge in [-0.25, -0.2) is 9.18 Å². The monoisotopic (exact) mass is 269 g/mol. The molecular weight excluding hydrogens is 253 g/mol. The number of hydrogen-bond acceptors (Lipinski definition) is 3. The molecule has 2 atom stereocenters. The molecule has 0 saturated carbocycles. The van der Waals surface area contributed by atoms with Crippen molar-refractivity contribution >= 4 is 11.9 Å². The number of aliphatic carboxylic acids is 1. The number of nitrogens with one attached hydrogen (secondary N) is 1. The molecule has 6 heteroatoms. The van der Waals surface area contributed by atoms with Crippen molar-refractivity contribution in [3.8, 4) is 0 Å². The van der Waals surface area contributed by atoms with E-state index in [1.54, 1.807) is 12.1 Å². The molecule has 0 aliphatic rings. The molecule has 3 N–H and O–H groups in total. The number of halogens is 1. The van der Waals surface area contributed by atoms with E-state index in [-0.39, 0.29) is 12.2 Å². The van der Waals surface area contributed by atoms with Gasteiger partial charge in [0.25, 0.3) is 0 Å². The van der Waals surface area contributed by atoms with Crippen LogP contribution in [-0.4, -0.2) is 34.2 Å². The van der Waals surface area contributed by atoms with Crippen LogP contribution in [0.25, 0.3) is 0 Å².